The summed E-state index contributed by atoms with van der Waals surface area (Å²) in [7, 11) is 1.55. The van der Waals surface area contributed by atoms with Crippen LogP contribution >= 0.6 is 0 Å². The van der Waals surface area contributed by atoms with E-state index in [-0.39, 0.29) is 0 Å². The number of methoxy groups -OCH3 is 1. The summed E-state index contributed by atoms with van der Waals surface area (Å²) in [5, 5.41) is 8.85. The Bertz CT molecular complexity index is 153. The van der Waals surface area contributed by atoms with Crippen LogP contribution in [0, 0.1) is 11.3 Å². The molecule has 1 rings (SSSR count). The van der Waals surface area contributed by atoms with Crippen LogP contribution in [-0.2, 0) is 9.53 Å². The van der Waals surface area contributed by atoms with Crippen LogP contribution in [0.4, 0.5) is 0 Å². The first kappa shape index (κ1) is 8.53. The lowest BCUT2D eigenvalue weighted by Gasteiger charge is -2.42. The van der Waals surface area contributed by atoms with Gasteiger partial charge in [0, 0.05) is 7.11 Å². The van der Waals surface area contributed by atoms with E-state index in [0.717, 1.165) is 12.8 Å². The first-order valence-electron chi connectivity index (χ1n) is 3.83. The molecule has 0 amide bonds. The van der Waals surface area contributed by atoms with Gasteiger partial charge in [-0.3, -0.25) is 4.79 Å². The topological polar surface area (TPSA) is 46.5 Å². The predicted octanol–water partition coefficient (Wildman–Crippen LogP) is 1.13. The Kier molecular flexibility index (Phi) is 2.18. The fourth-order valence-electron chi connectivity index (χ4n) is 1.90. The molecule has 0 aromatic heterocycles. The Morgan fingerprint density at radius 2 is 2.27 bits per heavy atom. The Balaban J connectivity index is 2.53. The predicted molar refractivity (Wildman–Crippen MR) is 40.3 cm³/mol. The summed E-state index contributed by atoms with van der Waals surface area (Å²) in [6, 6.07) is 0. The van der Waals surface area contributed by atoms with Gasteiger partial charge >= 0.3 is 5.97 Å². The van der Waals surface area contributed by atoms with Gasteiger partial charge in [0.25, 0.3) is 0 Å². The van der Waals surface area contributed by atoms with E-state index < -0.39 is 11.4 Å². The lowest BCUT2D eigenvalue weighted by Crippen LogP contribution is -2.46. The molecule has 1 saturated carbocycles. The minimum atomic E-state index is -0.711. The zero-order chi connectivity index (χ0) is 8.48. The third-order valence-corrected chi connectivity index (χ3v) is 2.35. The lowest BCUT2D eigenvalue weighted by atomic mass is 9.63. The second kappa shape index (κ2) is 2.81. The van der Waals surface area contributed by atoms with Gasteiger partial charge in [-0.25, -0.2) is 0 Å². The zero-order valence-corrected chi connectivity index (χ0v) is 6.96. The number of carboxylic acid groups (broad SMARTS) is 1. The van der Waals surface area contributed by atoms with Crippen LogP contribution in [0.5, 0.6) is 0 Å². The van der Waals surface area contributed by atoms with E-state index in [1.54, 1.807) is 7.11 Å². The summed E-state index contributed by atoms with van der Waals surface area (Å²) in [5.41, 5.74) is -0.561. The van der Waals surface area contributed by atoms with E-state index in [4.69, 9.17) is 9.84 Å². The molecule has 1 aliphatic rings. The molecular weight excluding hydrogens is 144 g/mol. The number of carboxylic acids is 1. The Hall–Kier alpha value is -0.570. The molecule has 0 aromatic carbocycles. The second-order valence-electron chi connectivity index (χ2n) is 3.53. The highest BCUT2D eigenvalue weighted by molar-refractivity contribution is 5.76. The normalized spacial score (nSPS) is 36.4. The van der Waals surface area contributed by atoms with E-state index in [1.165, 1.54) is 0 Å². The first-order chi connectivity index (χ1) is 5.10. The van der Waals surface area contributed by atoms with E-state index in [1.807, 2.05) is 0 Å². The number of hydrogen-bond acceptors (Lipinski definition) is 2. The summed E-state index contributed by atoms with van der Waals surface area (Å²) in [6.45, 7) is 2.42. The molecule has 1 N–H and O–H groups in total. The van der Waals surface area contributed by atoms with Crippen LogP contribution < -0.4 is 0 Å². The molecule has 3 nitrogen and oxygen atoms in total. The molecule has 0 bridgehead atoms. The van der Waals surface area contributed by atoms with Crippen LogP contribution in [0.15, 0.2) is 0 Å². The third-order valence-electron chi connectivity index (χ3n) is 2.35. The molecule has 0 unspecified atom stereocenters. The minimum absolute atomic E-state index is 0.354. The average molecular weight is 158 g/mol. The largest absolute Gasteiger partial charge is 0.481 e. The first-order valence-corrected chi connectivity index (χ1v) is 3.83. The molecule has 0 heterocycles. The summed E-state index contributed by atoms with van der Waals surface area (Å²) in [5.74, 6) is -0.168. The molecule has 0 radical (unpaired) electrons. The molecule has 0 atom stereocenters. The van der Waals surface area contributed by atoms with Crippen molar-refractivity contribution in [2.75, 3.05) is 13.7 Å². The molecule has 1 fully saturated rings. The fourth-order valence-corrected chi connectivity index (χ4v) is 1.90. The average Bonchev–Trinajstić information content (AvgIpc) is 1.84. The van der Waals surface area contributed by atoms with Crippen molar-refractivity contribution < 1.29 is 14.6 Å². The van der Waals surface area contributed by atoms with E-state index in [0.29, 0.717) is 12.5 Å². The monoisotopic (exact) mass is 158 g/mol. The van der Waals surface area contributed by atoms with Crippen molar-refractivity contribution in [2.24, 2.45) is 11.3 Å². The van der Waals surface area contributed by atoms with Crippen molar-refractivity contribution >= 4 is 5.97 Å². The van der Waals surface area contributed by atoms with Crippen LogP contribution in [-0.4, -0.2) is 24.8 Å². The summed E-state index contributed by atoms with van der Waals surface area (Å²) >= 11 is 0. The molecule has 1 aliphatic carbocycles. The summed E-state index contributed by atoms with van der Waals surface area (Å²) < 4.78 is 4.88. The quantitative estimate of drug-likeness (QED) is 0.669. The zero-order valence-electron chi connectivity index (χ0n) is 6.96. The summed E-state index contributed by atoms with van der Waals surface area (Å²) in [4.78, 5) is 10.8. The van der Waals surface area contributed by atoms with Gasteiger partial charge in [-0.2, -0.15) is 0 Å². The van der Waals surface area contributed by atoms with Crippen LogP contribution in [0.3, 0.4) is 0 Å². The maximum absolute atomic E-state index is 10.8. The van der Waals surface area contributed by atoms with Crippen LogP contribution in [0.2, 0.25) is 0 Å². The Labute approximate surface area is 66.4 Å². The highest BCUT2D eigenvalue weighted by atomic mass is 16.5. The molecule has 0 saturated heterocycles. The SMILES string of the molecule is COCC1(C(=O)O)CC(C)C1. The van der Waals surface area contributed by atoms with Gasteiger partial charge in [0.15, 0.2) is 0 Å². The van der Waals surface area contributed by atoms with Gasteiger partial charge in [0.2, 0.25) is 0 Å². The van der Waals surface area contributed by atoms with E-state index in [2.05, 4.69) is 6.92 Å². The smallest absolute Gasteiger partial charge is 0.312 e. The highest BCUT2D eigenvalue weighted by Crippen LogP contribution is 2.45. The standard InChI is InChI=1S/C8H14O3/c1-6-3-8(4-6,5-11-2)7(9)10/h6H,3-5H2,1-2H3,(H,9,10). The van der Waals surface area contributed by atoms with Crippen molar-refractivity contribution in [1.82, 2.24) is 0 Å². The number of ether oxygens (including phenoxy) is 1. The Morgan fingerprint density at radius 3 is 2.55 bits per heavy atom. The second-order valence-corrected chi connectivity index (χ2v) is 3.53. The fraction of sp³-hybridized carbons (Fsp3) is 0.875. The number of carbonyl (C=O) groups is 1. The molecule has 64 valence electrons. The molecule has 0 spiro atoms. The lowest BCUT2D eigenvalue weighted by molar-refractivity contribution is -0.163. The number of aliphatic carboxylic acids is 1. The van der Waals surface area contributed by atoms with Crippen LogP contribution in [0.25, 0.3) is 0 Å². The van der Waals surface area contributed by atoms with Gasteiger partial charge in [0.05, 0.1) is 12.0 Å². The Morgan fingerprint density at radius 1 is 1.73 bits per heavy atom. The van der Waals surface area contributed by atoms with Gasteiger partial charge in [-0.15, -0.1) is 0 Å². The molecule has 3 heteroatoms. The molecule has 0 aromatic rings. The minimum Gasteiger partial charge on any atom is -0.481 e. The third kappa shape index (κ3) is 1.38. The molecule has 11 heavy (non-hydrogen) atoms. The van der Waals surface area contributed by atoms with Crippen molar-refractivity contribution in [3.8, 4) is 0 Å². The molecule has 0 aliphatic heterocycles. The van der Waals surface area contributed by atoms with Gasteiger partial charge < -0.3 is 9.84 Å². The number of rotatable bonds is 3. The van der Waals surface area contributed by atoms with E-state index >= 15 is 0 Å². The maximum atomic E-state index is 10.8. The maximum Gasteiger partial charge on any atom is 0.312 e. The highest BCUT2D eigenvalue weighted by Gasteiger charge is 2.48. The van der Waals surface area contributed by atoms with Crippen LogP contribution in [0.1, 0.15) is 19.8 Å². The summed E-state index contributed by atoms with van der Waals surface area (Å²) in [6.07, 6.45) is 1.52. The van der Waals surface area contributed by atoms with Gasteiger partial charge in [-0.1, -0.05) is 6.92 Å². The van der Waals surface area contributed by atoms with Crippen molar-refractivity contribution in [2.45, 2.75) is 19.8 Å². The molecular formula is C8H14O3. The van der Waals surface area contributed by atoms with Crippen molar-refractivity contribution in [3.63, 3.8) is 0 Å². The van der Waals surface area contributed by atoms with Crippen molar-refractivity contribution in [3.05, 3.63) is 0 Å². The van der Waals surface area contributed by atoms with Gasteiger partial charge in [-0.05, 0) is 18.8 Å². The van der Waals surface area contributed by atoms with Gasteiger partial charge in [0.1, 0.15) is 0 Å². The number of hydrogen-bond donors (Lipinski definition) is 1. The van der Waals surface area contributed by atoms with E-state index in [9.17, 15) is 4.79 Å². The van der Waals surface area contributed by atoms with Crippen molar-refractivity contribution in [1.29, 1.82) is 0 Å².